The second kappa shape index (κ2) is 9.14. The van der Waals surface area contributed by atoms with Crippen molar-refractivity contribution in [3.8, 4) is 0 Å². The molecule has 1 aliphatic rings. The van der Waals surface area contributed by atoms with Crippen LogP contribution in [-0.4, -0.2) is 53.6 Å². The average molecular weight is 326 g/mol. The lowest BCUT2D eigenvalue weighted by Crippen LogP contribution is -2.42. The summed E-state index contributed by atoms with van der Waals surface area (Å²) in [6.45, 7) is 12.9. The van der Waals surface area contributed by atoms with Gasteiger partial charge in [0.15, 0.2) is 0 Å². The highest BCUT2D eigenvalue weighted by atomic mass is 16.6. The summed E-state index contributed by atoms with van der Waals surface area (Å²) in [5.74, 6) is 0.647. The second-order valence-electron chi connectivity index (χ2n) is 7.44. The Kier molecular flexibility index (Phi) is 7.86. The van der Waals surface area contributed by atoms with Gasteiger partial charge >= 0.3 is 6.09 Å². The predicted molar refractivity (Wildman–Crippen MR) is 92.3 cm³/mol. The van der Waals surface area contributed by atoms with Crippen molar-refractivity contribution in [2.24, 2.45) is 5.92 Å². The van der Waals surface area contributed by atoms with Crippen molar-refractivity contribution < 1.29 is 14.3 Å². The van der Waals surface area contributed by atoms with Crippen LogP contribution in [0, 0.1) is 5.92 Å². The van der Waals surface area contributed by atoms with Gasteiger partial charge in [0, 0.05) is 32.6 Å². The fraction of sp³-hybridized carbons (Fsp3) is 0.889. The molecule has 5 nitrogen and oxygen atoms in total. The number of amides is 2. The SMILES string of the molecule is CCCCN(CC)C(=O)CC1CCN(C(=O)OC(C)(C)C)CC1. The summed E-state index contributed by atoms with van der Waals surface area (Å²) in [6.07, 6.45) is 4.32. The average Bonchev–Trinajstić information content (AvgIpc) is 2.47. The molecule has 5 heteroatoms. The monoisotopic (exact) mass is 326 g/mol. The van der Waals surface area contributed by atoms with Gasteiger partial charge in [0.1, 0.15) is 5.60 Å². The molecule has 2 amide bonds. The third-order valence-corrected chi connectivity index (χ3v) is 4.25. The van der Waals surface area contributed by atoms with Crippen LogP contribution < -0.4 is 0 Å². The topological polar surface area (TPSA) is 49.9 Å². The van der Waals surface area contributed by atoms with Gasteiger partial charge in [-0.3, -0.25) is 4.79 Å². The number of hydrogen-bond acceptors (Lipinski definition) is 3. The molecule has 0 N–H and O–H groups in total. The molecule has 0 aromatic carbocycles. The number of likely N-dealkylation sites (tertiary alicyclic amines) is 1. The smallest absolute Gasteiger partial charge is 0.410 e. The minimum absolute atomic E-state index is 0.236. The molecule has 0 aromatic heterocycles. The predicted octanol–water partition coefficient (Wildman–Crippen LogP) is 3.67. The van der Waals surface area contributed by atoms with E-state index in [2.05, 4.69) is 6.92 Å². The lowest BCUT2D eigenvalue weighted by atomic mass is 9.93. The van der Waals surface area contributed by atoms with Crippen molar-refractivity contribution in [3.63, 3.8) is 0 Å². The fourth-order valence-electron chi connectivity index (χ4n) is 2.83. The maximum atomic E-state index is 12.4. The van der Waals surface area contributed by atoms with E-state index in [4.69, 9.17) is 4.74 Å². The van der Waals surface area contributed by atoms with Gasteiger partial charge in [-0.2, -0.15) is 0 Å². The normalized spacial score (nSPS) is 16.3. The Morgan fingerprint density at radius 2 is 1.78 bits per heavy atom. The zero-order valence-corrected chi connectivity index (χ0v) is 15.6. The van der Waals surface area contributed by atoms with Gasteiger partial charge < -0.3 is 14.5 Å². The highest BCUT2D eigenvalue weighted by Gasteiger charge is 2.28. The van der Waals surface area contributed by atoms with Crippen LogP contribution in [-0.2, 0) is 9.53 Å². The van der Waals surface area contributed by atoms with Gasteiger partial charge in [0.05, 0.1) is 0 Å². The molecular weight excluding hydrogens is 292 g/mol. The Bertz CT molecular complexity index is 382. The molecule has 1 rings (SSSR count). The third kappa shape index (κ3) is 7.23. The molecule has 0 spiro atoms. The Hall–Kier alpha value is -1.26. The van der Waals surface area contributed by atoms with E-state index in [0.717, 1.165) is 38.8 Å². The molecule has 0 aliphatic carbocycles. The third-order valence-electron chi connectivity index (χ3n) is 4.25. The zero-order chi connectivity index (χ0) is 17.5. The molecule has 1 heterocycles. The van der Waals surface area contributed by atoms with E-state index < -0.39 is 5.60 Å². The first-order valence-corrected chi connectivity index (χ1v) is 9.02. The summed E-state index contributed by atoms with van der Waals surface area (Å²) in [6, 6.07) is 0. The maximum absolute atomic E-state index is 12.4. The van der Waals surface area contributed by atoms with Gasteiger partial charge in [-0.05, 0) is 52.9 Å². The quantitative estimate of drug-likeness (QED) is 0.748. The van der Waals surface area contributed by atoms with E-state index in [1.807, 2.05) is 32.6 Å². The largest absolute Gasteiger partial charge is 0.444 e. The molecule has 0 radical (unpaired) electrons. The van der Waals surface area contributed by atoms with Crippen molar-refractivity contribution in [2.75, 3.05) is 26.2 Å². The molecule has 0 aromatic rings. The highest BCUT2D eigenvalue weighted by Crippen LogP contribution is 2.23. The van der Waals surface area contributed by atoms with Crippen LogP contribution in [0.4, 0.5) is 4.79 Å². The van der Waals surface area contributed by atoms with Crippen molar-refractivity contribution in [3.05, 3.63) is 0 Å². The van der Waals surface area contributed by atoms with Crippen molar-refractivity contribution in [2.45, 2.75) is 72.3 Å². The van der Waals surface area contributed by atoms with Crippen LogP contribution in [0.1, 0.15) is 66.7 Å². The van der Waals surface area contributed by atoms with E-state index >= 15 is 0 Å². The summed E-state index contributed by atoms with van der Waals surface area (Å²) in [4.78, 5) is 28.1. The van der Waals surface area contributed by atoms with E-state index in [0.29, 0.717) is 25.4 Å². The van der Waals surface area contributed by atoms with Gasteiger partial charge in [-0.25, -0.2) is 4.79 Å². The molecule has 0 bridgehead atoms. The van der Waals surface area contributed by atoms with Crippen molar-refractivity contribution >= 4 is 12.0 Å². The first-order valence-electron chi connectivity index (χ1n) is 9.02. The Balaban J connectivity index is 2.38. The van der Waals surface area contributed by atoms with Gasteiger partial charge in [-0.1, -0.05) is 13.3 Å². The molecule has 23 heavy (non-hydrogen) atoms. The number of hydrogen-bond donors (Lipinski definition) is 0. The summed E-state index contributed by atoms with van der Waals surface area (Å²) < 4.78 is 5.41. The fourth-order valence-corrected chi connectivity index (χ4v) is 2.83. The van der Waals surface area contributed by atoms with Crippen LogP contribution in [0.15, 0.2) is 0 Å². The molecule has 1 aliphatic heterocycles. The van der Waals surface area contributed by atoms with Gasteiger partial charge in [0.25, 0.3) is 0 Å². The molecule has 1 saturated heterocycles. The van der Waals surface area contributed by atoms with E-state index in [9.17, 15) is 9.59 Å². The molecule has 0 atom stereocenters. The standard InChI is InChI=1S/C18H34N2O3/c1-6-8-11-19(7-2)16(21)14-15-9-12-20(13-10-15)17(22)23-18(3,4)5/h15H,6-14H2,1-5H3. The number of rotatable bonds is 6. The number of carbonyl (C=O) groups excluding carboxylic acids is 2. The summed E-state index contributed by atoms with van der Waals surface area (Å²) >= 11 is 0. The molecule has 0 unspecified atom stereocenters. The first kappa shape index (κ1) is 19.8. The highest BCUT2D eigenvalue weighted by molar-refractivity contribution is 5.76. The Morgan fingerprint density at radius 3 is 2.26 bits per heavy atom. The Morgan fingerprint density at radius 1 is 1.17 bits per heavy atom. The van der Waals surface area contributed by atoms with Crippen molar-refractivity contribution in [1.82, 2.24) is 9.80 Å². The van der Waals surface area contributed by atoms with Gasteiger partial charge in [-0.15, -0.1) is 0 Å². The number of piperidine rings is 1. The summed E-state index contributed by atoms with van der Waals surface area (Å²) in [7, 11) is 0. The maximum Gasteiger partial charge on any atom is 0.410 e. The minimum atomic E-state index is -0.454. The van der Waals surface area contributed by atoms with E-state index in [1.54, 1.807) is 4.90 Å². The lowest BCUT2D eigenvalue weighted by Gasteiger charge is -2.34. The summed E-state index contributed by atoms with van der Waals surface area (Å²) in [5.41, 5.74) is -0.454. The number of nitrogens with zero attached hydrogens (tertiary/aromatic N) is 2. The van der Waals surface area contributed by atoms with Crippen LogP contribution in [0.3, 0.4) is 0 Å². The molecule has 1 fully saturated rings. The first-order chi connectivity index (χ1) is 10.8. The zero-order valence-electron chi connectivity index (χ0n) is 15.6. The molecule has 0 saturated carbocycles. The van der Waals surface area contributed by atoms with Crippen LogP contribution >= 0.6 is 0 Å². The van der Waals surface area contributed by atoms with Crippen LogP contribution in [0.25, 0.3) is 0 Å². The van der Waals surface area contributed by atoms with Crippen LogP contribution in [0.5, 0.6) is 0 Å². The minimum Gasteiger partial charge on any atom is -0.444 e. The number of unbranched alkanes of at least 4 members (excludes halogenated alkanes) is 1. The number of carbonyl (C=O) groups is 2. The molecular formula is C18H34N2O3. The van der Waals surface area contributed by atoms with Gasteiger partial charge in [0.2, 0.25) is 5.91 Å². The van der Waals surface area contributed by atoms with Crippen molar-refractivity contribution in [1.29, 1.82) is 0 Å². The summed E-state index contributed by atoms with van der Waals surface area (Å²) in [5, 5.41) is 0. The molecule has 134 valence electrons. The number of ether oxygens (including phenoxy) is 1. The van der Waals surface area contributed by atoms with Crippen LogP contribution in [0.2, 0.25) is 0 Å². The van der Waals surface area contributed by atoms with E-state index in [-0.39, 0.29) is 12.0 Å². The Labute approximate surface area is 141 Å². The second-order valence-corrected chi connectivity index (χ2v) is 7.44. The van der Waals surface area contributed by atoms with E-state index in [1.165, 1.54) is 0 Å². The lowest BCUT2D eigenvalue weighted by molar-refractivity contribution is -0.132.